The van der Waals surface area contributed by atoms with Crippen molar-refractivity contribution in [2.45, 2.75) is 12.6 Å². The van der Waals surface area contributed by atoms with E-state index in [1.54, 1.807) is 0 Å². The topological polar surface area (TPSA) is 63.3 Å². The number of hydrogen-bond acceptors (Lipinski definition) is 3. The molecule has 17 heavy (non-hydrogen) atoms. The summed E-state index contributed by atoms with van der Waals surface area (Å²) in [6.07, 6.45) is -4.73. The molecule has 0 fully saturated rings. The quantitative estimate of drug-likeness (QED) is 0.828. The number of Topliss-reactive ketones (excluding diaryl/α,β-unsaturated/α-hetero) is 1. The smallest absolute Gasteiger partial charge is 0.416 e. The molecule has 0 heterocycles. The van der Waals surface area contributed by atoms with Crippen LogP contribution in [0, 0.1) is 0 Å². The molecule has 0 radical (unpaired) electrons. The summed E-state index contributed by atoms with van der Waals surface area (Å²) in [6.45, 7) is 0.0234. The Hall–Kier alpha value is -1.27. The van der Waals surface area contributed by atoms with Gasteiger partial charge in [0, 0.05) is 6.42 Å². The van der Waals surface area contributed by atoms with E-state index in [4.69, 9.17) is 17.3 Å². The molecule has 7 heteroatoms. The highest BCUT2D eigenvalue weighted by atomic mass is 35.5. The Bertz CT molecular complexity index is 423. The van der Waals surface area contributed by atoms with Crippen LogP contribution in [0.1, 0.15) is 22.3 Å². The molecule has 0 spiro atoms. The predicted molar refractivity (Wildman–Crippen MR) is 56.1 cm³/mol. The number of phenolic OH excluding ortho intramolecular Hbond substituents is 1. The van der Waals surface area contributed by atoms with E-state index in [0.717, 1.165) is 0 Å². The molecular weight excluding hydrogens is 259 g/mol. The molecule has 1 rings (SSSR count). The molecule has 0 aliphatic heterocycles. The first-order valence-corrected chi connectivity index (χ1v) is 4.98. The third-order valence-electron chi connectivity index (χ3n) is 2.05. The number of ketones is 1. The van der Waals surface area contributed by atoms with Gasteiger partial charge in [-0.05, 0) is 18.7 Å². The van der Waals surface area contributed by atoms with Crippen molar-refractivity contribution in [3.8, 4) is 5.75 Å². The van der Waals surface area contributed by atoms with Gasteiger partial charge in [0.15, 0.2) is 5.78 Å². The minimum atomic E-state index is -4.63. The number of benzene rings is 1. The molecule has 0 aromatic heterocycles. The number of aromatic hydroxyl groups is 1. The largest absolute Gasteiger partial charge is 0.507 e. The Morgan fingerprint density at radius 1 is 1.41 bits per heavy atom. The van der Waals surface area contributed by atoms with Crippen LogP contribution >= 0.6 is 11.6 Å². The van der Waals surface area contributed by atoms with Crippen molar-refractivity contribution < 1.29 is 23.1 Å². The average molecular weight is 268 g/mol. The van der Waals surface area contributed by atoms with Gasteiger partial charge in [0.1, 0.15) is 5.75 Å². The second-order valence-corrected chi connectivity index (χ2v) is 3.72. The molecule has 1 aromatic carbocycles. The van der Waals surface area contributed by atoms with E-state index in [1.807, 2.05) is 0 Å². The van der Waals surface area contributed by atoms with Crippen molar-refractivity contribution in [3.05, 3.63) is 28.3 Å². The first-order valence-electron chi connectivity index (χ1n) is 4.60. The standard InChI is InChI=1S/C10H9ClF3NO2/c11-6-3-5(10(12,13)14)4-8(17)9(6)7(16)1-2-15/h3-4,17H,1-2,15H2. The molecular formula is C10H9ClF3NO2. The van der Waals surface area contributed by atoms with Gasteiger partial charge in [0.2, 0.25) is 0 Å². The van der Waals surface area contributed by atoms with Gasteiger partial charge in [0.25, 0.3) is 0 Å². The zero-order chi connectivity index (χ0) is 13.2. The molecule has 0 saturated heterocycles. The van der Waals surface area contributed by atoms with Gasteiger partial charge in [-0.1, -0.05) is 11.6 Å². The summed E-state index contributed by atoms with van der Waals surface area (Å²) >= 11 is 5.55. The molecule has 94 valence electrons. The van der Waals surface area contributed by atoms with Gasteiger partial charge in [-0.2, -0.15) is 13.2 Å². The second-order valence-electron chi connectivity index (χ2n) is 3.31. The van der Waals surface area contributed by atoms with E-state index in [-0.39, 0.29) is 18.5 Å². The maximum Gasteiger partial charge on any atom is 0.416 e. The van der Waals surface area contributed by atoms with Crippen LogP contribution in [0.15, 0.2) is 12.1 Å². The maximum absolute atomic E-state index is 12.4. The van der Waals surface area contributed by atoms with Gasteiger partial charge < -0.3 is 10.8 Å². The second kappa shape index (κ2) is 4.93. The SMILES string of the molecule is NCCC(=O)c1c(O)cc(C(F)(F)F)cc1Cl. The van der Waals surface area contributed by atoms with E-state index >= 15 is 0 Å². The van der Waals surface area contributed by atoms with Crippen LogP contribution < -0.4 is 5.73 Å². The summed E-state index contributed by atoms with van der Waals surface area (Å²) in [5.41, 5.74) is 3.70. The van der Waals surface area contributed by atoms with Crippen LogP contribution in [-0.2, 0) is 6.18 Å². The minimum Gasteiger partial charge on any atom is -0.507 e. The number of hydrogen-bond donors (Lipinski definition) is 2. The summed E-state index contributed by atoms with van der Waals surface area (Å²) in [7, 11) is 0. The Morgan fingerprint density at radius 3 is 2.41 bits per heavy atom. The van der Waals surface area contributed by atoms with E-state index in [1.165, 1.54) is 0 Å². The first kappa shape index (κ1) is 13.8. The summed E-state index contributed by atoms with van der Waals surface area (Å²) < 4.78 is 37.1. The van der Waals surface area contributed by atoms with Crippen LogP contribution in [0.5, 0.6) is 5.75 Å². The molecule has 0 aliphatic carbocycles. The van der Waals surface area contributed by atoms with Crippen molar-refractivity contribution in [1.82, 2.24) is 0 Å². The number of halogens is 4. The normalized spacial score (nSPS) is 11.6. The van der Waals surface area contributed by atoms with Gasteiger partial charge in [-0.15, -0.1) is 0 Å². The van der Waals surface area contributed by atoms with Gasteiger partial charge >= 0.3 is 6.18 Å². The molecule has 0 atom stereocenters. The van der Waals surface area contributed by atoms with Gasteiger partial charge in [-0.25, -0.2) is 0 Å². The Labute approximate surface area is 100.0 Å². The molecule has 0 amide bonds. The van der Waals surface area contributed by atoms with Crippen molar-refractivity contribution in [1.29, 1.82) is 0 Å². The van der Waals surface area contributed by atoms with Crippen LogP contribution in [-0.4, -0.2) is 17.4 Å². The summed E-state index contributed by atoms with van der Waals surface area (Å²) in [5.74, 6) is -1.38. The molecule has 0 aliphatic rings. The van der Waals surface area contributed by atoms with Crippen molar-refractivity contribution >= 4 is 17.4 Å². The Morgan fingerprint density at radius 2 is 2.00 bits per heavy atom. The van der Waals surface area contributed by atoms with E-state index in [2.05, 4.69) is 0 Å². The zero-order valence-corrected chi connectivity index (χ0v) is 9.27. The maximum atomic E-state index is 12.4. The molecule has 0 unspecified atom stereocenters. The highest BCUT2D eigenvalue weighted by Crippen LogP contribution is 2.36. The monoisotopic (exact) mass is 267 g/mol. The third kappa shape index (κ3) is 3.10. The Balaban J connectivity index is 3.25. The highest BCUT2D eigenvalue weighted by molar-refractivity contribution is 6.34. The fourth-order valence-corrected chi connectivity index (χ4v) is 1.61. The lowest BCUT2D eigenvalue weighted by molar-refractivity contribution is -0.137. The van der Waals surface area contributed by atoms with Gasteiger partial charge in [0.05, 0.1) is 16.1 Å². The number of carbonyl (C=O) groups excluding carboxylic acids is 1. The van der Waals surface area contributed by atoms with Crippen LogP contribution in [0.25, 0.3) is 0 Å². The van der Waals surface area contributed by atoms with Crippen molar-refractivity contribution in [2.75, 3.05) is 6.54 Å². The van der Waals surface area contributed by atoms with Crippen molar-refractivity contribution in [2.24, 2.45) is 5.73 Å². The average Bonchev–Trinajstić information content (AvgIpc) is 2.15. The van der Waals surface area contributed by atoms with Crippen LogP contribution in [0.4, 0.5) is 13.2 Å². The number of phenols is 1. The molecule has 0 bridgehead atoms. The van der Waals surface area contributed by atoms with Gasteiger partial charge in [-0.3, -0.25) is 4.79 Å². The predicted octanol–water partition coefficient (Wildman–Crippen LogP) is 2.60. The summed E-state index contributed by atoms with van der Waals surface area (Å²) in [5, 5.41) is 8.95. The number of carbonyl (C=O) groups is 1. The molecule has 3 N–H and O–H groups in total. The minimum absolute atomic E-state index is 0.0234. The third-order valence-corrected chi connectivity index (χ3v) is 2.35. The summed E-state index contributed by atoms with van der Waals surface area (Å²) in [4.78, 5) is 11.4. The number of rotatable bonds is 3. The lowest BCUT2D eigenvalue weighted by atomic mass is 10.0. The lowest BCUT2D eigenvalue weighted by Crippen LogP contribution is -2.11. The first-order chi connectivity index (χ1) is 7.77. The number of nitrogens with two attached hydrogens (primary N) is 1. The number of alkyl halides is 3. The van der Waals surface area contributed by atoms with E-state index in [0.29, 0.717) is 12.1 Å². The molecule has 1 aromatic rings. The molecule has 0 saturated carbocycles. The molecule has 3 nitrogen and oxygen atoms in total. The van der Waals surface area contributed by atoms with E-state index < -0.39 is 28.3 Å². The fraction of sp³-hybridized carbons (Fsp3) is 0.300. The fourth-order valence-electron chi connectivity index (χ4n) is 1.29. The Kier molecular flexibility index (Phi) is 4.00. The lowest BCUT2D eigenvalue weighted by Gasteiger charge is -2.11. The van der Waals surface area contributed by atoms with Crippen LogP contribution in [0.3, 0.4) is 0 Å². The summed E-state index contributed by atoms with van der Waals surface area (Å²) in [6, 6.07) is 1.07. The van der Waals surface area contributed by atoms with Crippen LogP contribution in [0.2, 0.25) is 5.02 Å². The van der Waals surface area contributed by atoms with Crippen molar-refractivity contribution in [3.63, 3.8) is 0 Å². The van der Waals surface area contributed by atoms with E-state index in [9.17, 15) is 23.1 Å². The highest BCUT2D eigenvalue weighted by Gasteiger charge is 2.32. The zero-order valence-electron chi connectivity index (χ0n) is 8.51.